The Morgan fingerprint density at radius 2 is 1.68 bits per heavy atom. The molecule has 2 fully saturated rings. The fraction of sp³-hybridized carbons (Fsp3) is 0.533. The molecule has 1 aromatic heterocycles. The number of anilines is 1. The number of hydrogen-bond acceptors (Lipinski definition) is 4. The summed E-state index contributed by atoms with van der Waals surface area (Å²) in [5, 5.41) is 11.8. The zero-order valence-corrected chi connectivity index (χ0v) is 10.9. The summed E-state index contributed by atoms with van der Waals surface area (Å²) in [6, 6.07) is 7.87. The van der Waals surface area contributed by atoms with E-state index in [1.807, 2.05) is 24.3 Å². The van der Waals surface area contributed by atoms with Crippen molar-refractivity contribution < 1.29 is 0 Å². The molecule has 4 rings (SSSR count). The second kappa shape index (κ2) is 4.44. The van der Waals surface area contributed by atoms with Crippen LogP contribution in [-0.2, 0) is 0 Å². The van der Waals surface area contributed by atoms with E-state index < -0.39 is 0 Å². The van der Waals surface area contributed by atoms with Crippen LogP contribution in [0.1, 0.15) is 25.7 Å². The minimum atomic E-state index is 0.671. The van der Waals surface area contributed by atoms with Gasteiger partial charge in [0.15, 0.2) is 0 Å². The molecule has 19 heavy (non-hydrogen) atoms. The van der Waals surface area contributed by atoms with Crippen LogP contribution in [0.5, 0.6) is 0 Å². The summed E-state index contributed by atoms with van der Waals surface area (Å²) < 4.78 is 0. The van der Waals surface area contributed by atoms with Crippen LogP contribution in [0.15, 0.2) is 24.3 Å². The summed E-state index contributed by atoms with van der Waals surface area (Å²) in [7, 11) is 0. The van der Waals surface area contributed by atoms with Gasteiger partial charge in [0, 0.05) is 6.54 Å². The van der Waals surface area contributed by atoms with E-state index in [2.05, 4.69) is 20.5 Å². The van der Waals surface area contributed by atoms with E-state index in [-0.39, 0.29) is 0 Å². The normalized spacial score (nSPS) is 19.0. The van der Waals surface area contributed by atoms with E-state index >= 15 is 0 Å². The lowest BCUT2D eigenvalue weighted by Gasteiger charge is -2.15. The first kappa shape index (κ1) is 11.1. The average Bonchev–Trinajstić information content (AvgIpc) is 3.32. The van der Waals surface area contributed by atoms with E-state index in [9.17, 15) is 0 Å². The molecule has 1 heterocycles. The molecule has 2 saturated carbocycles. The smallest absolute Gasteiger partial charge is 0.243 e. The maximum atomic E-state index is 4.52. The van der Waals surface area contributed by atoms with Gasteiger partial charge in [-0.25, -0.2) is 4.98 Å². The highest BCUT2D eigenvalue weighted by Crippen LogP contribution is 2.49. The summed E-state index contributed by atoms with van der Waals surface area (Å²) in [6.45, 7) is 1.01. The molecule has 2 aliphatic carbocycles. The second-order valence-electron chi connectivity index (χ2n) is 5.84. The van der Waals surface area contributed by atoms with Gasteiger partial charge in [-0.05, 0) is 55.6 Å². The van der Waals surface area contributed by atoms with Gasteiger partial charge in [-0.1, -0.05) is 12.1 Å². The molecule has 0 atom stereocenters. The molecule has 4 heteroatoms. The highest BCUT2D eigenvalue weighted by Gasteiger charge is 2.41. The Hall–Kier alpha value is -1.71. The van der Waals surface area contributed by atoms with Crippen LogP contribution in [0.2, 0.25) is 0 Å². The van der Waals surface area contributed by atoms with Crippen LogP contribution in [0.4, 0.5) is 5.95 Å². The van der Waals surface area contributed by atoms with Crippen molar-refractivity contribution in [3.05, 3.63) is 24.3 Å². The second-order valence-corrected chi connectivity index (χ2v) is 5.84. The Bertz CT molecular complexity index is 577. The fourth-order valence-corrected chi connectivity index (χ4v) is 2.93. The van der Waals surface area contributed by atoms with E-state index in [1.54, 1.807) is 0 Å². The van der Waals surface area contributed by atoms with Crippen molar-refractivity contribution >= 4 is 17.0 Å². The molecule has 2 aliphatic rings. The number of nitrogens with one attached hydrogen (secondary N) is 1. The molecule has 0 radical (unpaired) electrons. The van der Waals surface area contributed by atoms with Gasteiger partial charge < -0.3 is 5.32 Å². The largest absolute Gasteiger partial charge is 0.353 e. The molecule has 2 aromatic rings. The number of benzene rings is 1. The molecule has 0 spiro atoms. The van der Waals surface area contributed by atoms with E-state index in [0.717, 1.165) is 35.3 Å². The van der Waals surface area contributed by atoms with Gasteiger partial charge in [0.2, 0.25) is 5.95 Å². The number of nitrogens with zero attached hydrogens (tertiary/aromatic N) is 3. The van der Waals surface area contributed by atoms with Crippen molar-refractivity contribution in [2.75, 3.05) is 11.9 Å². The van der Waals surface area contributed by atoms with Gasteiger partial charge >= 0.3 is 0 Å². The molecular weight excluding hydrogens is 236 g/mol. The number of para-hydroxylation sites is 1. The summed E-state index contributed by atoms with van der Waals surface area (Å²) in [4.78, 5) is 4.52. The van der Waals surface area contributed by atoms with Crippen molar-refractivity contribution in [1.29, 1.82) is 0 Å². The van der Waals surface area contributed by atoms with Crippen molar-refractivity contribution in [2.24, 2.45) is 17.8 Å². The van der Waals surface area contributed by atoms with Gasteiger partial charge in [0.1, 0.15) is 5.52 Å². The minimum Gasteiger partial charge on any atom is -0.353 e. The third-order valence-electron chi connectivity index (χ3n) is 4.31. The average molecular weight is 254 g/mol. The van der Waals surface area contributed by atoms with Gasteiger partial charge in [-0.3, -0.25) is 0 Å². The van der Waals surface area contributed by atoms with Crippen LogP contribution in [0.25, 0.3) is 11.0 Å². The Morgan fingerprint density at radius 3 is 2.37 bits per heavy atom. The molecule has 0 amide bonds. The summed E-state index contributed by atoms with van der Waals surface area (Å²) >= 11 is 0. The van der Waals surface area contributed by atoms with Gasteiger partial charge in [0.05, 0.1) is 5.52 Å². The Balaban J connectivity index is 1.48. The van der Waals surface area contributed by atoms with E-state index in [1.165, 1.54) is 25.7 Å². The van der Waals surface area contributed by atoms with Crippen LogP contribution in [-0.4, -0.2) is 21.7 Å². The fourth-order valence-electron chi connectivity index (χ4n) is 2.93. The lowest BCUT2D eigenvalue weighted by atomic mass is 9.98. The van der Waals surface area contributed by atoms with Gasteiger partial charge in [0.25, 0.3) is 0 Å². The molecule has 0 aliphatic heterocycles. The van der Waals surface area contributed by atoms with Crippen molar-refractivity contribution in [1.82, 2.24) is 15.2 Å². The highest BCUT2D eigenvalue weighted by molar-refractivity contribution is 5.73. The lowest BCUT2D eigenvalue weighted by molar-refractivity contribution is 0.427. The topological polar surface area (TPSA) is 50.7 Å². The van der Waals surface area contributed by atoms with Crippen LogP contribution < -0.4 is 5.32 Å². The molecule has 0 unspecified atom stereocenters. The molecule has 1 N–H and O–H groups in total. The molecule has 0 bridgehead atoms. The Kier molecular flexibility index (Phi) is 2.60. The number of fused-ring (bicyclic) bond motifs is 1. The Labute approximate surface area is 112 Å². The van der Waals surface area contributed by atoms with Gasteiger partial charge in [-0.2, -0.15) is 0 Å². The zero-order chi connectivity index (χ0) is 12.7. The third kappa shape index (κ3) is 2.39. The highest BCUT2D eigenvalue weighted by atomic mass is 15.2. The van der Waals surface area contributed by atoms with Crippen LogP contribution in [0.3, 0.4) is 0 Å². The van der Waals surface area contributed by atoms with Crippen molar-refractivity contribution in [3.63, 3.8) is 0 Å². The maximum Gasteiger partial charge on any atom is 0.243 e. The molecule has 4 nitrogen and oxygen atoms in total. The zero-order valence-electron chi connectivity index (χ0n) is 10.9. The number of aromatic nitrogens is 3. The molecule has 0 saturated heterocycles. The third-order valence-corrected chi connectivity index (χ3v) is 4.31. The van der Waals surface area contributed by atoms with E-state index in [4.69, 9.17) is 0 Å². The number of hydrogen-bond donors (Lipinski definition) is 1. The monoisotopic (exact) mass is 254 g/mol. The van der Waals surface area contributed by atoms with Crippen molar-refractivity contribution in [2.45, 2.75) is 25.7 Å². The SMILES string of the molecule is c1ccc2nc(NCC(C3CC3)C3CC3)nnc2c1. The standard InChI is InChI=1S/C15H18N4/c1-2-4-14-13(3-1)17-15(19-18-14)16-9-12(10-5-6-10)11-7-8-11/h1-4,10-12H,5-9H2,(H,16,17,19). The van der Waals surface area contributed by atoms with Crippen LogP contribution >= 0.6 is 0 Å². The summed E-state index contributed by atoms with van der Waals surface area (Å²) in [5.74, 6) is 3.40. The predicted octanol–water partition coefficient (Wildman–Crippen LogP) is 2.87. The molecule has 98 valence electrons. The maximum absolute atomic E-state index is 4.52. The Morgan fingerprint density at radius 1 is 1.00 bits per heavy atom. The quantitative estimate of drug-likeness (QED) is 0.891. The van der Waals surface area contributed by atoms with E-state index in [0.29, 0.717) is 5.95 Å². The first-order valence-electron chi connectivity index (χ1n) is 7.23. The summed E-state index contributed by atoms with van der Waals surface area (Å²) in [5.41, 5.74) is 1.77. The van der Waals surface area contributed by atoms with Crippen LogP contribution in [0, 0.1) is 17.8 Å². The van der Waals surface area contributed by atoms with Crippen molar-refractivity contribution in [3.8, 4) is 0 Å². The first-order valence-corrected chi connectivity index (χ1v) is 7.23. The predicted molar refractivity (Wildman–Crippen MR) is 74.8 cm³/mol. The lowest BCUT2D eigenvalue weighted by Crippen LogP contribution is -2.19. The van der Waals surface area contributed by atoms with Gasteiger partial charge in [-0.15, -0.1) is 10.2 Å². The number of rotatable bonds is 5. The minimum absolute atomic E-state index is 0.671. The molecule has 1 aromatic carbocycles. The first-order chi connectivity index (χ1) is 9.40. The summed E-state index contributed by atoms with van der Waals surface area (Å²) in [6.07, 6.45) is 5.67. The molecular formula is C15H18N4.